The molecule has 4 atom stereocenters. The van der Waals surface area contributed by atoms with Gasteiger partial charge in [0.1, 0.15) is 0 Å². The van der Waals surface area contributed by atoms with Gasteiger partial charge in [-0.05, 0) is 74.2 Å². The Balaban J connectivity index is 0.651. The van der Waals surface area contributed by atoms with Crippen molar-refractivity contribution in [3.63, 3.8) is 0 Å². The summed E-state index contributed by atoms with van der Waals surface area (Å²) in [5.74, 6) is -0.313. The van der Waals surface area contributed by atoms with Crippen LogP contribution in [-0.4, -0.2) is 145 Å². The number of allylic oxidation sites excluding steroid dienone is 2. The van der Waals surface area contributed by atoms with E-state index in [2.05, 4.69) is 43.9 Å². The van der Waals surface area contributed by atoms with Gasteiger partial charge in [0.15, 0.2) is 23.0 Å². The van der Waals surface area contributed by atoms with Gasteiger partial charge in [0.05, 0.1) is 23.7 Å². The van der Waals surface area contributed by atoms with Crippen LogP contribution in [0, 0.1) is 35.5 Å². The third-order valence-corrected chi connectivity index (χ3v) is 14.0. The van der Waals surface area contributed by atoms with E-state index in [0.29, 0.717) is 13.1 Å². The first-order valence-corrected chi connectivity index (χ1v) is 21.4. The molecule has 0 radical (unpaired) electrons. The third-order valence-electron chi connectivity index (χ3n) is 14.0. The predicted octanol–water partition coefficient (Wildman–Crippen LogP) is 2.66. The number of carbonyl (C=O) groups is 4. The number of rotatable bonds is 14. The summed E-state index contributed by atoms with van der Waals surface area (Å²) in [5.41, 5.74) is 2.44. The molecule has 1 saturated carbocycles. The molecular weight excluding hydrogens is 741 g/mol. The Kier molecular flexibility index (Phi) is 10.4. The highest BCUT2D eigenvalue weighted by Crippen LogP contribution is 2.57. The first-order valence-electron chi connectivity index (χ1n) is 21.4. The number of piperazine rings is 2. The largest absolute Gasteiger partial charge is 0.454 e. The number of amides is 4. The number of nitrogens with zero attached hydrogens (tertiary/aromatic N) is 6. The van der Waals surface area contributed by atoms with Crippen LogP contribution in [0.5, 0.6) is 23.0 Å². The molecule has 9 aliphatic rings. The van der Waals surface area contributed by atoms with Crippen LogP contribution in [-0.2, 0) is 32.3 Å². The van der Waals surface area contributed by atoms with Crippen LogP contribution in [0.1, 0.15) is 36.8 Å². The average Bonchev–Trinajstić information content (AvgIpc) is 4.03. The van der Waals surface area contributed by atoms with Gasteiger partial charge in [-0.3, -0.25) is 38.8 Å². The summed E-state index contributed by atoms with van der Waals surface area (Å²) in [5, 5.41) is 0. The summed E-state index contributed by atoms with van der Waals surface area (Å²) in [7, 11) is 0. The normalized spacial score (nSPS) is 29.3. The van der Waals surface area contributed by atoms with Crippen molar-refractivity contribution >= 4 is 23.6 Å². The lowest BCUT2D eigenvalue weighted by atomic mass is 9.54. The molecule has 2 bridgehead atoms. The van der Waals surface area contributed by atoms with E-state index < -0.39 is 35.5 Å². The molecule has 11 rings (SSSR count). The van der Waals surface area contributed by atoms with Crippen LogP contribution in [0.15, 0.2) is 48.6 Å². The Labute approximate surface area is 339 Å². The summed E-state index contributed by atoms with van der Waals surface area (Å²) in [6.45, 7) is 12.8. The second-order valence-electron chi connectivity index (χ2n) is 17.3. The van der Waals surface area contributed by atoms with E-state index in [-0.39, 0.29) is 37.2 Å². The van der Waals surface area contributed by atoms with Crippen molar-refractivity contribution in [2.24, 2.45) is 35.5 Å². The molecule has 0 aromatic heterocycles. The molecule has 5 fully saturated rings. The summed E-state index contributed by atoms with van der Waals surface area (Å²) in [4.78, 5) is 68.2. The minimum absolute atomic E-state index is 0.153. The molecule has 14 heteroatoms. The first kappa shape index (κ1) is 37.7. The number of fused-ring (bicyclic) bond motifs is 2. The monoisotopic (exact) mass is 794 g/mol. The smallest absolute Gasteiger partial charge is 0.233 e. The van der Waals surface area contributed by atoms with E-state index in [1.807, 2.05) is 24.3 Å². The lowest BCUT2D eigenvalue weighted by Crippen LogP contribution is -2.50. The maximum absolute atomic E-state index is 13.9. The van der Waals surface area contributed by atoms with E-state index in [1.54, 1.807) is 0 Å². The van der Waals surface area contributed by atoms with Gasteiger partial charge in [-0.15, -0.1) is 0 Å². The van der Waals surface area contributed by atoms with Crippen molar-refractivity contribution in [2.45, 2.75) is 38.8 Å². The number of hydrogen-bond donors (Lipinski definition) is 0. The maximum Gasteiger partial charge on any atom is 0.233 e. The highest BCUT2D eigenvalue weighted by molar-refractivity contribution is 6.10. The van der Waals surface area contributed by atoms with Gasteiger partial charge in [0, 0.05) is 90.4 Å². The number of hydrogen-bond acceptors (Lipinski definition) is 12. The average molecular weight is 795 g/mol. The number of likely N-dealkylation sites (tertiary alicyclic amines) is 2. The molecule has 6 heterocycles. The molecule has 0 N–H and O–H groups in total. The van der Waals surface area contributed by atoms with E-state index in [1.165, 1.54) is 20.9 Å². The molecule has 2 aromatic rings. The quantitative estimate of drug-likeness (QED) is 0.159. The number of benzene rings is 2. The van der Waals surface area contributed by atoms with Crippen LogP contribution >= 0.6 is 0 Å². The van der Waals surface area contributed by atoms with Gasteiger partial charge >= 0.3 is 0 Å². The highest BCUT2D eigenvalue weighted by Gasteiger charge is 2.68. The molecule has 58 heavy (non-hydrogen) atoms. The lowest BCUT2D eigenvalue weighted by Gasteiger charge is -2.44. The van der Waals surface area contributed by atoms with Gasteiger partial charge in [0.2, 0.25) is 37.2 Å². The van der Waals surface area contributed by atoms with Crippen molar-refractivity contribution < 1.29 is 38.1 Å². The van der Waals surface area contributed by atoms with E-state index in [4.69, 9.17) is 18.9 Å². The number of carbonyl (C=O) groups excluding carboxylic acids is 4. The molecule has 3 aliphatic carbocycles. The van der Waals surface area contributed by atoms with E-state index in [0.717, 1.165) is 127 Å². The molecule has 4 saturated heterocycles. The maximum atomic E-state index is 13.9. The standard InChI is InChI=1S/C44H54N6O8/c51-41-37-31-7-8-32(38(37)42(52)49(41)13-3-1-11-45-15-19-47(20-16-45)25-29-5-9-33-35(23-29)57-27-55-33)40-39(31)43(53)50(44(40)54)14-4-2-12-46-17-21-48(22-18-46)26-30-6-10-34-36(24-30)58-28-56-34/h5-10,23-24,31-32,37-40H,1-4,11-22,25-28H2. The van der Waals surface area contributed by atoms with Crippen molar-refractivity contribution in [3.05, 3.63) is 59.7 Å². The van der Waals surface area contributed by atoms with Gasteiger partial charge < -0.3 is 28.7 Å². The predicted molar refractivity (Wildman–Crippen MR) is 211 cm³/mol. The number of ether oxygens (including phenoxy) is 4. The third kappa shape index (κ3) is 7.05. The van der Waals surface area contributed by atoms with Crippen molar-refractivity contribution in [3.8, 4) is 23.0 Å². The van der Waals surface area contributed by atoms with E-state index >= 15 is 0 Å². The van der Waals surface area contributed by atoms with Gasteiger partial charge in [0.25, 0.3) is 0 Å². The summed E-state index contributed by atoms with van der Waals surface area (Å²) in [6, 6.07) is 12.3. The Morgan fingerprint density at radius 1 is 0.431 bits per heavy atom. The lowest BCUT2D eigenvalue weighted by molar-refractivity contribution is -0.140. The summed E-state index contributed by atoms with van der Waals surface area (Å²) < 4.78 is 22.0. The Hall–Kier alpha value is -4.50. The van der Waals surface area contributed by atoms with Gasteiger partial charge in [-0.25, -0.2) is 0 Å². The zero-order valence-corrected chi connectivity index (χ0v) is 33.2. The highest BCUT2D eigenvalue weighted by atomic mass is 16.7. The van der Waals surface area contributed by atoms with Crippen molar-refractivity contribution in [1.82, 2.24) is 29.4 Å². The molecule has 14 nitrogen and oxygen atoms in total. The second-order valence-corrected chi connectivity index (χ2v) is 17.3. The van der Waals surface area contributed by atoms with Gasteiger partial charge in [-0.2, -0.15) is 0 Å². The summed E-state index contributed by atoms with van der Waals surface area (Å²) >= 11 is 0. The van der Waals surface area contributed by atoms with Crippen molar-refractivity contribution in [2.75, 3.05) is 92.1 Å². The second kappa shape index (κ2) is 15.9. The molecule has 2 aromatic carbocycles. The van der Waals surface area contributed by atoms with Crippen molar-refractivity contribution in [1.29, 1.82) is 0 Å². The van der Waals surface area contributed by atoms with Crippen LogP contribution in [0.3, 0.4) is 0 Å². The molecule has 308 valence electrons. The van der Waals surface area contributed by atoms with E-state index in [9.17, 15) is 19.2 Å². The zero-order valence-electron chi connectivity index (χ0n) is 33.2. The Morgan fingerprint density at radius 2 is 0.776 bits per heavy atom. The molecular formula is C44H54N6O8. The fraction of sp³-hybridized carbons (Fsp3) is 0.591. The number of unbranched alkanes of at least 4 members (excludes halogenated alkanes) is 2. The Morgan fingerprint density at radius 3 is 1.17 bits per heavy atom. The SMILES string of the molecule is O=C1C2C3C=CC(C2C(=O)N1CCCCN1CCN(Cc2ccc4c(c2)OCO4)CC1)C1C(=O)N(CCCCN2CCN(Cc4ccc5c(c4)OCO5)CC2)C(=O)C31. The molecule has 4 unspecified atom stereocenters. The van der Waals surface area contributed by atoms with Crippen LogP contribution in [0.25, 0.3) is 0 Å². The van der Waals surface area contributed by atoms with Crippen LogP contribution in [0.2, 0.25) is 0 Å². The molecule has 4 amide bonds. The zero-order chi connectivity index (χ0) is 39.3. The van der Waals surface area contributed by atoms with Crippen LogP contribution in [0.4, 0.5) is 0 Å². The minimum Gasteiger partial charge on any atom is -0.454 e. The van der Waals surface area contributed by atoms with Gasteiger partial charge in [-0.1, -0.05) is 24.3 Å². The molecule has 6 aliphatic heterocycles. The Bertz CT molecular complexity index is 1780. The fourth-order valence-corrected chi connectivity index (χ4v) is 10.9. The summed E-state index contributed by atoms with van der Waals surface area (Å²) in [6.07, 6.45) is 7.22. The minimum atomic E-state index is -0.540. The topological polar surface area (TPSA) is 125 Å². The molecule has 0 spiro atoms. The van der Waals surface area contributed by atoms with Crippen LogP contribution < -0.4 is 18.9 Å². The first-order chi connectivity index (χ1) is 28.4. The fourth-order valence-electron chi connectivity index (χ4n) is 10.9. The number of imide groups is 2.